The average molecular weight is 380 g/mol. The first-order chi connectivity index (χ1) is 11.6. The number of hydrogen-bond donors (Lipinski definition) is 3. The molecule has 0 spiro atoms. The molecule has 5 nitrogen and oxygen atoms in total. The summed E-state index contributed by atoms with van der Waals surface area (Å²) in [6.07, 6.45) is 3.66. The molecule has 1 saturated carbocycles. The van der Waals surface area contributed by atoms with E-state index in [2.05, 4.69) is 10.6 Å². The number of hydrogen-bond acceptors (Lipinski definition) is 4. The molecule has 7 heteroatoms. The van der Waals surface area contributed by atoms with Crippen molar-refractivity contribution in [3.05, 3.63) is 52.2 Å². The van der Waals surface area contributed by atoms with Gasteiger partial charge in [0.1, 0.15) is 0 Å². The minimum absolute atomic E-state index is 0. The highest BCUT2D eigenvalue weighted by Gasteiger charge is 2.22. The summed E-state index contributed by atoms with van der Waals surface area (Å²) in [6.45, 7) is 0. The fourth-order valence-corrected chi connectivity index (χ4v) is 3.53. The molecule has 0 atom stereocenters. The zero-order valence-corrected chi connectivity index (χ0v) is 15.4. The lowest BCUT2D eigenvalue weighted by molar-refractivity contribution is 0.0927. The van der Waals surface area contributed by atoms with Gasteiger partial charge in [-0.1, -0.05) is 18.2 Å². The molecule has 3 rings (SSSR count). The summed E-state index contributed by atoms with van der Waals surface area (Å²) < 4.78 is 0. The van der Waals surface area contributed by atoms with Crippen molar-refractivity contribution in [1.82, 2.24) is 5.32 Å². The van der Waals surface area contributed by atoms with Crippen LogP contribution in [0.2, 0.25) is 0 Å². The molecule has 1 aliphatic carbocycles. The third kappa shape index (κ3) is 5.04. The topological polar surface area (TPSA) is 84.2 Å². The number of nitrogens with one attached hydrogen (secondary N) is 2. The predicted molar refractivity (Wildman–Crippen MR) is 104 cm³/mol. The van der Waals surface area contributed by atoms with Crippen molar-refractivity contribution in [2.45, 2.75) is 37.8 Å². The number of carbonyl (C=O) groups excluding carboxylic acids is 2. The molecule has 25 heavy (non-hydrogen) atoms. The standard InChI is InChI=1S/C18H21N3O2S.ClH/c19-12-7-9-13(10-8-12)20-17(22)14-4-1-2-5-15(14)21-18(23)16-6-3-11-24-16;/h1-6,11-13H,7-10,19H2,(H,20,22)(H,21,23);1H. The maximum atomic E-state index is 12.6. The fourth-order valence-electron chi connectivity index (χ4n) is 2.91. The number of thiophene rings is 1. The van der Waals surface area contributed by atoms with Crippen molar-refractivity contribution >= 4 is 41.2 Å². The predicted octanol–water partition coefficient (Wildman–Crippen LogP) is 3.42. The minimum atomic E-state index is -0.200. The number of amides is 2. The van der Waals surface area contributed by atoms with E-state index in [0.717, 1.165) is 25.7 Å². The normalized spacial score (nSPS) is 19.6. The highest BCUT2D eigenvalue weighted by Crippen LogP contribution is 2.21. The van der Waals surface area contributed by atoms with Gasteiger partial charge in [0.05, 0.1) is 16.1 Å². The van der Waals surface area contributed by atoms with E-state index < -0.39 is 0 Å². The highest BCUT2D eigenvalue weighted by molar-refractivity contribution is 7.12. The lowest BCUT2D eigenvalue weighted by Crippen LogP contribution is -2.40. The Hall–Kier alpha value is -1.89. The second-order valence-corrected chi connectivity index (χ2v) is 7.01. The lowest BCUT2D eigenvalue weighted by Gasteiger charge is -2.27. The number of benzene rings is 1. The summed E-state index contributed by atoms with van der Waals surface area (Å²) in [4.78, 5) is 25.4. The Morgan fingerprint density at radius 2 is 1.72 bits per heavy atom. The average Bonchev–Trinajstić information content (AvgIpc) is 3.12. The first-order valence-corrected chi connectivity index (χ1v) is 9.02. The molecule has 0 unspecified atom stereocenters. The van der Waals surface area contributed by atoms with Crippen LogP contribution in [0.3, 0.4) is 0 Å². The van der Waals surface area contributed by atoms with Crippen LogP contribution in [0.5, 0.6) is 0 Å². The molecule has 2 aromatic rings. The molecule has 1 aromatic carbocycles. The Balaban J connectivity index is 0.00000225. The zero-order valence-electron chi connectivity index (χ0n) is 13.7. The summed E-state index contributed by atoms with van der Waals surface area (Å²) in [7, 11) is 0. The van der Waals surface area contributed by atoms with Crippen molar-refractivity contribution in [2.24, 2.45) is 5.73 Å². The smallest absolute Gasteiger partial charge is 0.265 e. The van der Waals surface area contributed by atoms with Crippen LogP contribution in [0, 0.1) is 0 Å². The number of anilines is 1. The van der Waals surface area contributed by atoms with Crippen molar-refractivity contribution in [1.29, 1.82) is 0 Å². The van der Waals surface area contributed by atoms with Gasteiger partial charge in [-0.25, -0.2) is 0 Å². The minimum Gasteiger partial charge on any atom is -0.349 e. The molecule has 0 saturated heterocycles. The number of carbonyl (C=O) groups is 2. The number of halogens is 1. The highest BCUT2D eigenvalue weighted by atomic mass is 35.5. The summed E-state index contributed by atoms with van der Waals surface area (Å²) in [5.41, 5.74) is 6.92. The fraction of sp³-hybridized carbons (Fsp3) is 0.333. The second-order valence-electron chi connectivity index (χ2n) is 6.06. The van der Waals surface area contributed by atoms with E-state index >= 15 is 0 Å². The van der Waals surface area contributed by atoms with Gasteiger partial charge in [0.2, 0.25) is 0 Å². The van der Waals surface area contributed by atoms with Gasteiger partial charge < -0.3 is 16.4 Å². The van der Waals surface area contributed by atoms with Gasteiger partial charge >= 0.3 is 0 Å². The summed E-state index contributed by atoms with van der Waals surface area (Å²) in [5.74, 6) is -0.355. The molecule has 0 radical (unpaired) electrons. The van der Waals surface area contributed by atoms with Crippen LogP contribution in [0.25, 0.3) is 0 Å². The van der Waals surface area contributed by atoms with E-state index in [0.29, 0.717) is 16.1 Å². The molecule has 134 valence electrons. The van der Waals surface area contributed by atoms with Crippen LogP contribution >= 0.6 is 23.7 Å². The molecule has 1 fully saturated rings. The maximum absolute atomic E-state index is 12.6. The summed E-state index contributed by atoms with van der Waals surface area (Å²) >= 11 is 1.37. The van der Waals surface area contributed by atoms with E-state index in [1.54, 1.807) is 30.3 Å². The van der Waals surface area contributed by atoms with Crippen molar-refractivity contribution < 1.29 is 9.59 Å². The molecule has 0 bridgehead atoms. The number of para-hydroxylation sites is 1. The quantitative estimate of drug-likeness (QED) is 0.760. The Morgan fingerprint density at radius 1 is 1.00 bits per heavy atom. The maximum Gasteiger partial charge on any atom is 0.265 e. The Kier molecular flexibility index (Phi) is 6.99. The summed E-state index contributed by atoms with van der Waals surface area (Å²) in [5, 5.41) is 7.74. The molecular formula is C18H22ClN3O2S. The van der Waals surface area contributed by atoms with Crippen molar-refractivity contribution in [3.8, 4) is 0 Å². The lowest BCUT2D eigenvalue weighted by atomic mass is 9.91. The van der Waals surface area contributed by atoms with Gasteiger partial charge in [-0.15, -0.1) is 23.7 Å². The number of rotatable bonds is 4. The second kappa shape index (κ2) is 8.99. The van der Waals surface area contributed by atoms with Crippen LogP contribution in [0.15, 0.2) is 41.8 Å². The molecule has 1 heterocycles. The van der Waals surface area contributed by atoms with Crippen LogP contribution in [0.1, 0.15) is 45.7 Å². The van der Waals surface area contributed by atoms with Crippen LogP contribution in [-0.2, 0) is 0 Å². The van der Waals surface area contributed by atoms with Crippen LogP contribution in [0.4, 0.5) is 5.69 Å². The molecule has 2 amide bonds. The zero-order chi connectivity index (χ0) is 16.9. The van der Waals surface area contributed by atoms with E-state index in [4.69, 9.17) is 5.73 Å². The van der Waals surface area contributed by atoms with Crippen molar-refractivity contribution in [3.63, 3.8) is 0 Å². The first-order valence-electron chi connectivity index (χ1n) is 8.14. The molecule has 1 aromatic heterocycles. The third-order valence-electron chi connectivity index (χ3n) is 4.27. The number of nitrogens with two attached hydrogens (primary N) is 1. The van der Waals surface area contributed by atoms with Crippen LogP contribution in [-0.4, -0.2) is 23.9 Å². The molecule has 0 aliphatic heterocycles. The van der Waals surface area contributed by atoms with E-state index in [9.17, 15) is 9.59 Å². The van der Waals surface area contributed by atoms with Gasteiger partial charge in [-0.05, 0) is 49.3 Å². The SMILES string of the molecule is Cl.NC1CCC(NC(=O)c2ccccc2NC(=O)c2cccs2)CC1. The molecule has 4 N–H and O–H groups in total. The van der Waals surface area contributed by atoms with Gasteiger partial charge in [-0.3, -0.25) is 9.59 Å². The van der Waals surface area contributed by atoms with Gasteiger partial charge in [0.25, 0.3) is 11.8 Å². The molecule has 1 aliphatic rings. The summed E-state index contributed by atoms with van der Waals surface area (Å²) in [6, 6.07) is 11.1. The largest absolute Gasteiger partial charge is 0.349 e. The van der Waals surface area contributed by atoms with Crippen molar-refractivity contribution in [2.75, 3.05) is 5.32 Å². The first kappa shape index (κ1) is 19.4. The van der Waals surface area contributed by atoms with Gasteiger partial charge in [-0.2, -0.15) is 0 Å². The Morgan fingerprint density at radius 3 is 2.40 bits per heavy atom. The Labute approximate surface area is 157 Å². The van der Waals surface area contributed by atoms with Crippen LogP contribution < -0.4 is 16.4 Å². The Bertz CT molecular complexity index is 713. The van der Waals surface area contributed by atoms with E-state index in [1.807, 2.05) is 11.4 Å². The third-order valence-corrected chi connectivity index (χ3v) is 5.14. The van der Waals surface area contributed by atoms with Gasteiger partial charge in [0, 0.05) is 12.1 Å². The monoisotopic (exact) mass is 379 g/mol. The molecular weight excluding hydrogens is 358 g/mol. The van der Waals surface area contributed by atoms with E-state index in [-0.39, 0.29) is 36.3 Å². The van der Waals surface area contributed by atoms with Gasteiger partial charge in [0.15, 0.2) is 0 Å². The van der Waals surface area contributed by atoms with E-state index in [1.165, 1.54) is 11.3 Å².